The number of aromatic nitrogens is 1. The fourth-order valence-electron chi connectivity index (χ4n) is 2.48. The highest BCUT2D eigenvalue weighted by molar-refractivity contribution is 7.90. The van der Waals surface area contributed by atoms with Crippen molar-refractivity contribution in [3.63, 3.8) is 0 Å². The van der Waals surface area contributed by atoms with Crippen LogP contribution in [0.2, 0.25) is 0 Å². The highest BCUT2D eigenvalue weighted by Crippen LogP contribution is 2.12. The van der Waals surface area contributed by atoms with Gasteiger partial charge < -0.3 is 15.4 Å². The zero-order valence-electron chi connectivity index (χ0n) is 18.1. The van der Waals surface area contributed by atoms with Crippen LogP contribution in [0, 0.1) is 0 Å². The van der Waals surface area contributed by atoms with E-state index in [4.69, 9.17) is 0 Å². The van der Waals surface area contributed by atoms with E-state index in [1.807, 2.05) is 11.6 Å². The van der Waals surface area contributed by atoms with Crippen LogP contribution in [0.5, 0.6) is 0 Å². The van der Waals surface area contributed by atoms with Crippen LogP contribution in [0.25, 0.3) is 0 Å². The van der Waals surface area contributed by atoms with E-state index in [0.717, 1.165) is 19.0 Å². The molecule has 0 saturated heterocycles. The molecule has 33 heavy (non-hydrogen) atoms. The molecule has 0 radical (unpaired) electrons. The highest BCUT2D eigenvalue weighted by Gasteiger charge is 2.20. The van der Waals surface area contributed by atoms with Gasteiger partial charge in [0.25, 0.3) is 27.7 Å². The second-order valence-corrected chi connectivity index (χ2v) is 8.44. The first-order chi connectivity index (χ1) is 15.7. The minimum atomic E-state index is -4.21. The van der Waals surface area contributed by atoms with E-state index in [-0.39, 0.29) is 28.6 Å². The molecule has 3 N–H and O–H groups in total. The van der Waals surface area contributed by atoms with Crippen LogP contribution in [0.1, 0.15) is 51.0 Å². The maximum absolute atomic E-state index is 12.5. The molecule has 0 aliphatic rings. The molecule has 0 saturated carbocycles. The van der Waals surface area contributed by atoms with Gasteiger partial charge in [0.1, 0.15) is 12.2 Å². The lowest BCUT2D eigenvalue weighted by molar-refractivity contribution is -0.139. The first kappa shape index (κ1) is 25.5. The van der Waals surface area contributed by atoms with Crippen LogP contribution in [-0.2, 0) is 19.6 Å². The Morgan fingerprint density at radius 3 is 2.15 bits per heavy atom. The minimum Gasteiger partial charge on any atom is -0.468 e. The molecule has 11 nitrogen and oxygen atoms in total. The molecule has 3 amide bonds. The maximum atomic E-state index is 12.5. The quantitative estimate of drug-likeness (QED) is 0.332. The van der Waals surface area contributed by atoms with E-state index in [1.165, 1.54) is 43.5 Å². The second-order valence-electron chi connectivity index (χ2n) is 6.76. The normalized spacial score (nSPS) is 10.7. The van der Waals surface area contributed by atoms with Gasteiger partial charge in [-0.05, 0) is 42.8 Å². The smallest absolute Gasteiger partial charge is 0.325 e. The van der Waals surface area contributed by atoms with Crippen LogP contribution < -0.4 is 15.4 Å². The zero-order valence-corrected chi connectivity index (χ0v) is 18.9. The fraction of sp³-hybridized carbons (Fsp3) is 0.286. The first-order valence-corrected chi connectivity index (χ1v) is 11.4. The van der Waals surface area contributed by atoms with Gasteiger partial charge in [-0.25, -0.2) is 13.1 Å². The van der Waals surface area contributed by atoms with Crippen molar-refractivity contribution in [3.05, 3.63) is 59.4 Å². The largest absolute Gasteiger partial charge is 0.468 e. The molecule has 0 aliphatic heterocycles. The number of methoxy groups -OCH3 is 1. The summed E-state index contributed by atoms with van der Waals surface area (Å²) < 4.78 is 31.3. The van der Waals surface area contributed by atoms with Crippen LogP contribution in [0.3, 0.4) is 0 Å². The molecule has 1 heterocycles. The standard InChI is InChI=1S/C21H24N4O7S/c1-3-4-11-22-19(27)14-5-8-16(9-6-14)33(30,31)25-20(28)15-7-10-17(23-12-15)21(29)24-13-18(26)32-2/h5-10,12H,3-4,11,13H2,1-2H3,(H,22,27)(H,24,29)(H,25,28). The predicted molar refractivity (Wildman–Crippen MR) is 117 cm³/mol. The van der Waals surface area contributed by atoms with Crippen molar-refractivity contribution in [1.82, 2.24) is 20.3 Å². The number of benzene rings is 1. The molecule has 0 aliphatic carbocycles. The number of ether oxygens (including phenoxy) is 1. The van der Waals surface area contributed by atoms with Gasteiger partial charge in [-0.1, -0.05) is 13.3 Å². The summed E-state index contributed by atoms with van der Waals surface area (Å²) >= 11 is 0. The lowest BCUT2D eigenvalue weighted by Crippen LogP contribution is -2.32. The van der Waals surface area contributed by atoms with Crippen LogP contribution in [0.4, 0.5) is 0 Å². The molecular weight excluding hydrogens is 452 g/mol. The lowest BCUT2D eigenvalue weighted by atomic mass is 10.2. The van der Waals surface area contributed by atoms with E-state index in [1.54, 1.807) is 0 Å². The molecule has 12 heteroatoms. The number of carbonyl (C=O) groups excluding carboxylic acids is 4. The van der Waals surface area contributed by atoms with Crippen molar-refractivity contribution >= 4 is 33.7 Å². The molecule has 0 bridgehead atoms. The third-order valence-corrected chi connectivity index (χ3v) is 5.70. The molecule has 2 rings (SSSR count). The van der Waals surface area contributed by atoms with Crippen molar-refractivity contribution in [2.24, 2.45) is 0 Å². The monoisotopic (exact) mass is 476 g/mol. The molecule has 2 aromatic rings. The summed E-state index contributed by atoms with van der Waals surface area (Å²) in [4.78, 5) is 50.9. The van der Waals surface area contributed by atoms with Crippen molar-refractivity contribution in [2.45, 2.75) is 24.7 Å². The number of sulfonamides is 1. The third kappa shape index (κ3) is 7.38. The zero-order chi connectivity index (χ0) is 24.4. The van der Waals surface area contributed by atoms with Gasteiger partial charge in [0.05, 0.1) is 17.6 Å². The second kappa shape index (κ2) is 11.7. The number of pyridine rings is 1. The molecule has 0 atom stereocenters. The predicted octanol–water partition coefficient (Wildman–Crippen LogP) is 0.633. The number of hydrogen-bond donors (Lipinski definition) is 3. The average molecular weight is 477 g/mol. The van der Waals surface area contributed by atoms with Crippen molar-refractivity contribution in [3.8, 4) is 0 Å². The van der Waals surface area contributed by atoms with Crippen LogP contribution >= 0.6 is 0 Å². The number of nitrogens with one attached hydrogen (secondary N) is 3. The molecule has 0 fully saturated rings. The van der Waals surface area contributed by atoms with Gasteiger partial charge in [-0.15, -0.1) is 0 Å². The van der Waals surface area contributed by atoms with Crippen molar-refractivity contribution in [1.29, 1.82) is 0 Å². The minimum absolute atomic E-state index is 0.0777. The summed E-state index contributed by atoms with van der Waals surface area (Å²) in [6, 6.07) is 7.57. The number of amides is 3. The Bertz CT molecular complexity index is 1110. The van der Waals surface area contributed by atoms with E-state index in [0.29, 0.717) is 12.1 Å². The van der Waals surface area contributed by atoms with Gasteiger partial charge >= 0.3 is 5.97 Å². The highest BCUT2D eigenvalue weighted by atomic mass is 32.2. The number of esters is 1. The number of hydrogen-bond acceptors (Lipinski definition) is 8. The summed E-state index contributed by atoms with van der Waals surface area (Å²) in [7, 11) is -3.03. The van der Waals surface area contributed by atoms with Crippen molar-refractivity contribution in [2.75, 3.05) is 20.2 Å². The Morgan fingerprint density at radius 1 is 0.909 bits per heavy atom. The molecule has 0 spiro atoms. The van der Waals surface area contributed by atoms with E-state index >= 15 is 0 Å². The lowest BCUT2D eigenvalue weighted by Gasteiger charge is -2.09. The van der Waals surface area contributed by atoms with E-state index in [9.17, 15) is 27.6 Å². The number of rotatable bonds is 10. The topological polar surface area (TPSA) is 161 Å². The van der Waals surface area contributed by atoms with E-state index < -0.39 is 27.8 Å². The van der Waals surface area contributed by atoms with Gasteiger partial charge in [-0.2, -0.15) is 0 Å². The van der Waals surface area contributed by atoms with Gasteiger partial charge in [0.15, 0.2) is 0 Å². The summed E-state index contributed by atoms with van der Waals surface area (Å²) in [6.07, 6.45) is 2.79. The van der Waals surface area contributed by atoms with Crippen molar-refractivity contribution < 1.29 is 32.3 Å². The molecule has 1 aromatic carbocycles. The summed E-state index contributed by atoms with van der Waals surface area (Å²) in [5.41, 5.74) is 0.114. The Hall–Kier alpha value is -3.80. The first-order valence-electron chi connectivity index (χ1n) is 9.94. The molecular formula is C21H24N4O7S. The average Bonchev–Trinajstić information content (AvgIpc) is 2.82. The van der Waals surface area contributed by atoms with Gasteiger partial charge in [0.2, 0.25) is 0 Å². The van der Waals surface area contributed by atoms with Crippen LogP contribution in [-0.4, -0.2) is 57.3 Å². The Kier molecular flexibility index (Phi) is 9.04. The Labute approximate surface area is 191 Å². The summed E-state index contributed by atoms with van der Waals surface area (Å²) in [5, 5.41) is 5.01. The van der Waals surface area contributed by atoms with Gasteiger partial charge in [0, 0.05) is 18.3 Å². The number of carbonyl (C=O) groups is 4. The molecule has 1 aromatic heterocycles. The molecule has 176 valence electrons. The SMILES string of the molecule is CCCCNC(=O)c1ccc(S(=O)(=O)NC(=O)c2ccc(C(=O)NCC(=O)OC)nc2)cc1. The van der Waals surface area contributed by atoms with E-state index in [2.05, 4.69) is 20.4 Å². The summed E-state index contributed by atoms with van der Waals surface area (Å²) in [6.45, 7) is 2.16. The Balaban J connectivity index is 2.01. The number of unbranched alkanes of at least 4 members (excludes halogenated alkanes) is 1. The third-order valence-electron chi connectivity index (χ3n) is 4.35. The van der Waals surface area contributed by atoms with Crippen LogP contribution in [0.15, 0.2) is 47.5 Å². The summed E-state index contributed by atoms with van der Waals surface area (Å²) in [5.74, 6) is -2.59. The Morgan fingerprint density at radius 2 is 1.58 bits per heavy atom. The number of nitrogens with zero attached hydrogens (tertiary/aromatic N) is 1. The maximum Gasteiger partial charge on any atom is 0.325 e. The fourth-order valence-corrected chi connectivity index (χ4v) is 3.46. The molecule has 0 unspecified atom stereocenters. The van der Waals surface area contributed by atoms with Gasteiger partial charge in [-0.3, -0.25) is 24.2 Å².